The van der Waals surface area contributed by atoms with Crippen molar-refractivity contribution in [3.8, 4) is 0 Å². The molecule has 1 N–H and O–H groups in total. The molecule has 0 radical (unpaired) electrons. The van der Waals surface area contributed by atoms with E-state index in [9.17, 15) is 14.7 Å². The van der Waals surface area contributed by atoms with Crippen molar-refractivity contribution in [3.63, 3.8) is 0 Å². The minimum absolute atomic E-state index is 0.0184. The summed E-state index contributed by atoms with van der Waals surface area (Å²) in [7, 11) is -3.34. The third-order valence-corrected chi connectivity index (χ3v) is 12.6. The van der Waals surface area contributed by atoms with Gasteiger partial charge in [0, 0.05) is 66.5 Å². The lowest BCUT2D eigenvalue weighted by Crippen LogP contribution is -2.45. The Kier molecular flexibility index (Phi) is 9.40. The van der Waals surface area contributed by atoms with Crippen molar-refractivity contribution < 1.29 is 23.5 Å². The van der Waals surface area contributed by atoms with Crippen LogP contribution >= 0.6 is 11.6 Å². The number of aliphatic hydroxyl groups excluding tert-OH is 1. The molecule has 6 rings (SSSR count). The van der Waals surface area contributed by atoms with Gasteiger partial charge in [0.05, 0.1) is 24.0 Å². The van der Waals surface area contributed by atoms with Crippen LogP contribution < -0.4 is 9.80 Å². The van der Waals surface area contributed by atoms with Gasteiger partial charge in [-0.25, -0.2) is 0 Å². The molecule has 2 aromatic carbocycles. The number of hydrogen-bond acceptors (Lipinski definition) is 6. The van der Waals surface area contributed by atoms with E-state index in [1.54, 1.807) is 41.0 Å². The third-order valence-electron chi connectivity index (χ3n) is 9.91. The quantitative estimate of drug-likeness (QED) is 0.216. The fraction of sp³-hybridized carbons (Fsp3) is 0.529. The van der Waals surface area contributed by atoms with Gasteiger partial charge in [0.2, 0.25) is 14.3 Å². The molecule has 3 aromatic rings. The van der Waals surface area contributed by atoms with Crippen molar-refractivity contribution in [1.82, 2.24) is 15.0 Å². The number of hydrogen-bond donors (Lipinski definition) is 1. The Bertz CT molecular complexity index is 1600. The average molecular weight is 668 g/mol. The molecule has 2 fully saturated rings. The maximum Gasteiger partial charge on any atom is 0.264 e. The molecule has 46 heavy (non-hydrogen) atoms. The van der Waals surface area contributed by atoms with Gasteiger partial charge in [0.15, 0.2) is 5.60 Å². The van der Waals surface area contributed by atoms with Crippen molar-refractivity contribution in [2.24, 2.45) is 5.92 Å². The van der Waals surface area contributed by atoms with Gasteiger partial charge in [-0.15, -0.1) is 5.10 Å². The van der Waals surface area contributed by atoms with Crippen molar-refractivity contribution in [2.75, 3.05) is 23.0 Å². The van der Waals surface area contributed by atoms with E-state index in [4.69, 9.17) is 16.3 Å². The number of amides is 2. The summed E-state index contributed by atoms with van der Waals surface area (Å²) in [5, 5.41) is 18.0. The number of aryl methyl sites for hydroxylation is 1. The van der Waals surface area contributed by atoms with Crippen LogP contribution in [0.3, 0.4) is 0 Å². The summed E-state index contributed by atoms with van der Waals surface area (Å²) in [6.07, 6.45) is 6.71. The number of benzene rings is 2. The van der Waals surface area contributed by atoms with Crippen LogP contribution in [0.2, 0.25) is 23.7 Å². The van der Waals surface area contributed by atoms with Gasteiger partial charge in [-0.1, -0.05) is 48.7 Å². The van der Waals surface area contributed by atoms with E-state index in [1.807, 2.05) is 42.2 Å². The number of halogens is 2. The summed E-state index contributed by atoms with van der Waals surface area (Å²) in [6.45, 7) is 6.69. The Labute approximate surface area is 275 Å². The van der Waals surface area contributed by atoms with Crippen LogP contribution in [0.5, 0.6) is 0 Å². The Morgan fingerprint density at radius 2 is 1.93 bits per heavy atom. The van der Waals surface area contributed by atoms with E-state index in [-0.39, 0.29) is 25.0 Å². The van der Waals surface area contributed by atoms with E-state index in [1.165, 1.54) is 0 Å². The van der Waals surface area contributed by atoms with Gasteiger partial charge in [-0.05, 0) is 68.3 Å². The molecule has 4 atom stereocenters. The molecular weight excluding hydrogens is 625 g/mol. The van der Waals surface area contributed by atoms with Gasteiger partial charge in [0.1, 0.15) is 0 Å². The Morgan fingerprint density at radius 1 is 1.13 bits per heavy atom. The van der Waals surface area contributed by atoms with Crippen LogP contribution in [-0.2, 0) is 39.4 Å². The zero-order chi connectivity index (χ0) is 32.6. The van der Waals surface area contributed by atoms with Crippen molar-refractivity contribution in [3.05, 3.63) is 70.5 Å². The zero-order valence-electron chi connectivity index (χ0n) is 26.8. The number of rotatable bonds is 9. The number of aromatic nitrogens is 3. The summed E-state index contributed by atoms with van der Waals surface area (Å²) >= 11 is 6.54. The highest BCUT2D eigenvalue weighted by Gasteiger charge is 2.66. The largest absolute Gasteiger partial charge is 0.396 e. The second-order valence-corrected chi connectivity index (χ2v) is 17.7. The van der Waals surface area contributed by atoms with E-state index in [0.717, 1.165) is 36.9 Å². The first-order chi connectivity index (χ1) is 22.0. The van der Waals surface area contributed by atoms with Gasteiger partial charge in [-0.3, -0.25) is 14.3 Å². The van der Waals surface area contributed by atoms with Gasteiger partial charge in [0.25, 0.3) is 5.91 Å². The number of carbonyl (C=O) groups is 2. The van der Waals surface area contributed by atoms with Crippen LogP contribution in [-0.4, -0.2) is 59.6 Å². The SMILES string of the molecule is C[C@H]1[C@H]([Si](C)(C)F)[C@@H](CCn2cc(CCO)nn2)O[C@]12C(=O)N(Cc1cccc(N3CCCCCCC3=O)c1)c1ccc(Cl)cc12. The van der Waals surface area contributed by atoms with Gasteiger partial charge in [-0.2, -0.15) is 0 Å². The predicted molar refractivity (Wildman–Crippen MR) is 178 cm³/mol. The monoisotopic (exact) mass is 667 g/mol. The fourth-order valence-corrected chi connectivity index (χ4v) is 10.5. The Morgan fingerprint density at radius 3 is 2.72 bits per heavy atom. The van der Waals surface area contributed by atoms with Crippen LogP contribution in [0.15, 0.2) is 48.7 Å². The molecular formula is C34H43ClFN5O4Si. The lowest BCUT2D eigenvalue weighted by atomic mass is 9.82. The van der Waals surface area contributed by atoms with Crippen molar-refractivity contribution in [1.29, 1.82) is 0 Å². The maximum absolute atomic E-state index is 16.2. The molecule has 9 nitrogen and oxygen atoms in total. The second kappa shape index (κ2) is 13.2. The maximum atomic E-state index is 16.2. The van der Waals surface area contributed by atoms with E-state index < -0.39 is 31.6 Å². The first-order valence-electron chi connectivity index (χ1n) is 16.4. The van der Waals surface area contributed by atoms with Crippen LogP contribution in [0, 0.1) is 5.92 Å². The number of nitrogens with zero attached hydrogens (tertiary/aromatic N) is 5. The van der Waals surface area contributed by atoms with Crippen molar-refractivity contribution >= 4 is 43.2 Å². The normalized spacial score (nSPS) is 25.3. The van der Waals surface area contributed by atoms with Crippen LogP contribution in [0.1, 0.15) is 62.3 Å². The minimum atomic E-state index is -3.34. The number of carbonyl (C=O) groups excluding carboxylic acids is 2. The summed E-state index contributed by atoms with van der Waals surface area (Å²) < 4.78 is 24.7. The summed E-state index contributed by atoms with van der Waals surface area (Å²) in [5.41, 5.74) is 1.95. The molecule has 1 aromatic heterocycles. The smallest absolute Gasteiger partial charge is 0.264 e. The van der Waals surface area contributed by atoms with Crippen LogP contribution in [0.4, 0.5) is 15.5 Å². The van der Waals surface area contributed by atoms with Crippen LogP contribution in [0.25, 0.3) is 0 Å². The second-order valence-electron chi connectivity index (χ2n) is 13.4. The van der Waals surface area contributed by atoms with E-state index in [0.29, 0.717) is 54.3 Å². The number of anilines is 2. The highest BCUT2D eigenvalue weighted by molar-refractivity contribution is 6.72. The minimum Gasteiger partial charge on any atom is -0.396 e. The number of fused-ring (bicyclic) bond motifs is 2. The third kappa shape index (κ3) is 6.14. The predicted octanol–water partition coefficient (Wildman–Crippen LogP) is 6.18. The highest BCUT2D eigenvalue weighted by atomic mass is 35.5. The first-order valence-corrected chi connectivity index (χ1v) is 19.7. The highest BCUT2D eigenvalue weighted by Crippen LogP contribution is 2.60. The molecule has 3 aliphatic rings. The molecule has 0 bridgehead atoms. The molecule has 0 unspecified atom stereocenters. The summed E-state index contributed by atoms with van der Waals surface area (Å²) in [6, 6.07) is 13.3. The molecule has 4 heterocycles. The molecule has 0 saturated carbocycles. The van der Waals surface area contributed by atoms with Crippen molar-refractivity contribution in [2.45, 2.75) is 95.3 Å². The lowest BCUT2D eigenvalue weighted by Gasteiger charge is -2.31. The van der Waals surface area contributed by atoms with Gasteiger partial charge < -0.3 is 23.8 Å². The topological polar surface area (TPSA) is 101 Å². The molecule has 3 aliphatic heterocycles. The van der Waals surface area contributed by atoms with E-state index in [2.05, 4.69) is 10.3 Å². The molecule has 12 heteroatoms. The average Bonchev–Trinajstić information content (AvgIpc) is 3.64. The molecule has 246 valence electrons. The zero-order valence-corrected chi connectivity index (χ0v) is 28.5. The molecule has 1 spiro atoms. The molecule has 0 aliphatic carbocycles. The Balaban J connectivity index is 1.31. The number of aliphatic hydroxyl groups is 1. The number of ether oxygens (including phenoxy) is 1. The first kappa shape index (κ1) is 32.8. The van der Waals surface area contributed by atoms with Gasteiger partial charge >= 0.3 is 0 Å². The van der Waals surface area contributed by atoms with E-state index >= 15 is 4.11 Å². The molecule has 2 amide bonds. The fourth-order valence-electron chi connectivity index (χ4n) is 7.82. The lowest BCUT2D eigenvalue weighted by molar-refractivity contribution is -0.146. The molecule has 2 saturated heterocycles. The summed E-state index contributed by atoms with van der Waals surface area (Å²) in [4.78, 5) is 31.3. The Hall–Kier alpha value is -3.12. The summed E-state index contributed by atoms with van der Waals surface area (Å²) in [5.74, 6) is -0.530. The standard InChI is InChI=1S/C34H43ClFN5O4Si/c1-23-32(46(2,3)36)30(14-17-39-22-26(15-18-42)37-38-39)45-34(23)28-20-25(35)12-13-29(28)41(33(34)44)21-24-9-8-10-27(19-24)40-16-7-5-4-6-11-31(40)43/h8-10,12-13,19-20,22-23,30,32,42H,4-7,11,14-18,21H2,1-3H3/t23-,30+,32-,34+/m0/s1.